The normalized spacial score (nSPS) is 10.1. The number of thiazole rings is 1. The predicted molar refractivity (Wildman–Crippen MR) is 67.1 cm³/mol. The van der Waals surface area contributed by atoms with E-state index in [1.807, 2.05) is 24.3 Å². The maximum Gasteiger partial charge on any atom is 0.140 e. The maximum absolute atomic E-state index is 5.59. The van der Waals surface area contributed by atoms with Crippen molar-refractivity contribution in [1.29, 1.82) is 0 Å². The van der Waals surface area contributed by atoms with Gasteiger partial charge in [0.2, 0.25) is 0 Å². The molecule has 3 nitrogen and oxygen atoms in total. The van der Waals surface area contributed by atoms with E-state index in [9.17, 15) is 0 Å². The van der Waals surface area contributed by atoms with Crippen LogP contribution in [0.1, 0.15) is 5.01 Å². The van der Waals surface area contributed by atoms with E-state index in [1.54, 1.807) is 24.6 Å². The lowest BCUT2D eigenvalue weighted by molar-refractivity contribution is 0.303. The molecule has 2 rings (SSSR count). The van der Waals surface area contributed by atoms with Gasteiger partial charge in [0.15, 0.2) is 0 Å². The van der Waals surface area contributed by atoms with Crippen LogP contribution in [0.2, 0.25) is 0 Å². The summed E-state index contributed by atoms with van der Waals surface area (Å²) in [5.74, 6) is 1.57. The Kier molecular flexibility index (Phi) is 3.79. The first-order valence-corrected chi connectivity index (χ1v) is 6.26. The van der Waals surface area contributed by atoms with Crippen LogP contribution in [-0.4, -0.2) is 12.1 Å². The van der Waals surface area contributed by atoms with Crippen molar-refractivity contribution < 1.29 is 9.47 Å². The molecule has 0 radical (unpaired) electrons. The van der Waals surface area contributed by atoms with Crippen molar-refractivity contribution in [3.63, 3.8) is 0 Å². The van der Waals surface area contributed by atoms with Gasteiger partial charge < -0.3 is 9.47 Å². The smallest absolute Gasteiger partial charge is 0.140 e. The topological polar surface area (TPSA) is 31.4 Å². The molecule has 5 heteroatoms. The van der Waals surface area contributed by atoms with Crippen LogP contribution in [-0.2, 0) is 6.61 Å². The summed E-state index contributed by atoms with van der Waals surface area (Å²) in [6, 6.07) is 7.52. The molecule has 1 aromatic heterocycles. The van der Waals surface area contributed by atoms with Gasteiger partial charge in [-0.25, -0.2) is 4.98 Å². The molecule has 0 aliphatic carbocycles. The van der Waals surface area contributed by atoms with E-state index in [0.29, 0.717) is 6.61 Å². The van der Waals surface area contributed by atoms with Gasteiger partial charge >= 0.3 is 0 Å². The van der Waals surface area contributed by atoms with Crippen LogP contribution >= 0.6 is 27.3 Å². The SMILES string of the molecule is COc1cccc(OCc2ncc(Br)s2)c1. The van der Waals surface area contributed by atoms with Crippen LogP contribution in [0.5, 0.6) is 11.5 Å². The Morgan fingerprint density at radius 1 is 1.38 bits per heavy atom. The van der Waals surface area contributed by atoms with E-state index < -0.39 is 0 Å². The van der Waals surface area contributed by atoms with E-state index in [2.05, 4.69) is 20.9 Å². The van der Waals surface area contributed by atoms with Gasteiger partial charge in [0.05, 0.1) is 17.1 Å². The second-order valence-electron chi connectivity index (χ2n) is 3.03. The molecule has 0 amide bonds. The molecule has 0 aliphatic heterocycles. The van der Waals surface area contributed by atoms with Crippen LogP contribution in [0.25, 0.3) is 0 Å². The molecular formula is C11H10BrNO2S. The third-order valence-corrected chi connectivity index (χ3v) is 3.38. The molecule has 0 atom stereocenters. The second kappa shape index (κ2) is 5.32. The number of benzene rings is 1. The maximum atomic E-state index is 5.59. The summed E-state index contributed by atoms with van der Waals surface area (Å²) in [6.45, 7) is 0.476. The molecule has 1 aromatic carbocycles. The van der Waals surface area contributed by atoms with E-state index in [4.69, 9.17) is 9.47 Å². The summed E-state index contributed by atoms with van der Waals surface area (Å²) in [4.78, 5) is 4.19. The van der Waals surface area contributed by atoms with Gasteiger partial charge in [-0.05, 0) is 28.1 Å². The summed E-state index contributed by atoms with van der Waals surface area (Å²) >= 11 is 4.93. The number of ether oxygens (including phenoxy) is 2. The molecule has 84 valence electrons. The number of aromatic nitrogens is 1. The van der Waals surface area contributed by atoms with E-state index >= 15 is 0 Å². The molecule has 0 spiro atoms. The van der Waals surface area contributed by atoms with Crippen molar-refractivity contribution in [3.05, 3.63) is 39.3 Å². The van der Waals surface area contributed by atoms with E-state index in [0.717, 1.165) is 20.3 Å². The third kappa shape index (κ3) is 2.96. The number of hydrogen-bond donors (Lipinski definition) is 0. The van der Waals surface area contributed by atoms with Gasteiger partial charge in [-0.2, -0.15) is 0 Å². The lowest BCUT2D eigenvalue weighted by atomic mass is 10.3. The Morgan fingerprint density at radius 2 is 2.19 bits per heavy atom. The fraction of sp³-hybridized carbons (Fsp3) is 0.182. The standard InChI is InChI=1S/C11H10BrNO2S/c1-14-8-3-2-4-9(5-8)15-7-11-13-6-10(12)16-11/h2-6H,7H2,1H3. The molecule has 0 N–H and O–H groups in total. The summed E-state index contributed by atoms with van der Waals surface area (Å²) in [5, 5.41) is 0.940. The van der Waals surface area contributed by atoms with Crippen LogP contribution in [0.4, 0.5) is 0 Å². The first-order chi connectivity index (χ1) is 7.78. The zero-order valence-electron chi connectivity index (χ0n) is 8.64. The summed E-state index contributed by atoms with van der Waals surface area (Å²) < 4.78 is 11.7. The highest BCUT2D eigenvalue weighted by atomic mass is 79.9. The van der Waals surface area contributed by atoms with Crippen molar-refractivity contribution in [1.82, 2.24) is 4.98 Å². The zero-order chi connectivity index (χ0) is 11.4. The number of methoxy groups -OCH3 is 1. The highest BCUT2D eigenvalue weighted by Crippen LogP contribution is 2.22. The van der Waals surface area contributed by atoms with Gasteiger partial charge in [0.1, 0.15) is 23.1 Å². The van der Waals surface area contributed by atoms with Crippen molar-refractivity contribution in [3.8, 4) is 11.5 Å². The highest BCUT2D eigenvalue weighted by Gasteiger charge is 2.01. The largest absolute Gasteiger partial charge is 0.497 e. The van der Waals surface area contributed by atoms with Gasteiger partial charge in [0.25, 0.3) is 0 Å². The Labute approximate surface area is 106 Å². The molecule has 0 aliphatic rings. The zero-order valence-corrected chi connectivity index (χ0v) is 11.0. The average molecular weight is 300 g/mol. The van der Waals surface area contributed by atoms with Crippen LogP contribution < -0.4 is 9.47 Å². The minimum atomic E-state index is 0.476. The third-order valence-electron chi connectivity index (χ3n) is 1.93. The molecule has 0 saturated heterocycles. The summed E-state index contributed by atoms with van der Waals surface area (Å²) in [5.41, 5.74) is 0. The quantitative estimate of drug-likeness (QED) is 0.866. The Morgan fingerprint density at radius 3 is 2.88 bits per heavy atom. The van der Waals surface area contributed by atoms with Gasteiger partial charge in [0, 0.05) is 6.07 Å². The number of nitrogens with zero attached hydrogens (tertiary/aromatic N) is 1. The number of rotatable bonds is 4. The Bertz CT molecular complexity index is 473. The molecular weight excluding hydrogens is 290 g/mol. The number of halogens is 1. The van der Waals surface area contributed by atoms with E-state index in [1.165, 1.54) is 0 Å². The minimum Gasteiger partial charge on any atom is -0.497 e. The monoisotopic (exact) mass is 299 g/mol. The molecule has 2 aromatic rings. The molecule has 0 fully saturated rings. The van der Waals surface area contributed by atoms with Crippen molar-refractivity contribution in [2.45, 2.75) is 6.61 Å². The molecule has 16 heavy (non-hydrogen) atoms. The molecule has 1 heterocycles. The second-order valence-corrected chi connectivity index (χ2v) is 5.52. The number of hydrogen-bond acceptors (Lipinski definition) is 4. The minimum absolute atomic E-state index is 0.476. The van der Waals surface area contributed by atoms with E-state index in [-0.39, 0.29) is 0 Å². The molecule has 0 bridgehead atoms. The molecule has 0 saturated carbocycles. The van der Waals surface area contributed by atoms with Crippen LogP contribution in [0.3, 0.4) is 0 Å². The summed E-state index contributed by atoms with van der Waals surface area (Å²) in [6.07, 6.45) is 1.77. The summed E-state index contributed by atoms with van der Waals surface area (Å²) in [7, 11) is 1.64. The fourth-order valence-corrected chi connectivity index (χ4v) is 2.41. The average Bonchev–Trinajstić information content (AvgIpc) is 2.73. The Hall–Kier alpha value is -1.07. The van der Waals surface area contributed by atoms with Crippen molar-refractivity contribution >= 4 is 27.3 Å². The highest BCUT2D eigenvalue weighted by molar-refractivity contribution is 9.11. The van der Waals surface area contributed by atoms with Crippen molar-refractivity contribution in [2.24, 2.45) is 0 Å². The van der Waals surface area contributed by atoms with Gasteiger partial charge in [-0.1, -0.05) is 6.07 Å². The fourth-order valence-electron chi connectivity index (χ4n) is 1.19. The van der Waals surface area contributed by atoms with Crippen LogP contribution in [0.15, 0.2) is 34.2 Å². The first kappa shape index (κ1) is 11.4. The van der Waals surface area contributed by atoms with Gasteiger partial charge in [-0.3, -0.25) is 0 Å². The van der Waals surface area contributed by atoms with Gasteiger partial charge in [-0.15, -0.1) is 11.3 Å². The van der Waals surface area contributed by atoms with Crippen LogP contribution in [0, 0.1) is 0 Å². The lowest BCUT2D eigenvalue weighted by Crippen LogP contribution is -1.94. The molecule has 0 unspecified atom stereocenters. The first-order valence-electron chi connectivity index (χ1n) is 4.65. The Balaban J connectivity index is 1.99. The lowest BCUT2D eigenvalue weighted by Gasteiger charge is -2.05. The predicted octanol–water partition coefficient (Wildman–Crippen LogP) is 3.49. The van der Waals surface area contributed by atoms with Crippen molar-refractivity contribution in [2.75, 3.05) is 7.11 Å².